The van der Waals surface area contributed by atoms with E-state index >= 15 is 0 Å². The van der Waals surface area contributed by atoms with Gasteiger partial charge in [0, 0.05) is 16.2 Å². The van der Waals surface area contributed by atoms with E-state index in [4.69, 9.17) is 0 Å². The van der Waals surface area contributed by atoms with Crippen LogP contribution in [0.1, 0.15) is 45.4 Å². The van der Waals surface area contributed by atoms with Gasteiger partial charge in [-0.15, -0.1) is 0 Å². The highest BCUT2D eigenvalue weighted by molar-refractivity contribution is 9.10. The van der Waals surface area contributed by atoms with E-state index in [1.807, 2.05) is 24.3 Å². The summed E-state index contributed by atoms with van der Waals surface area (Å²) in [5.41, 5.74) is 0.832. The maximum absolute atomic E-state index is 12.0. The van der Waals surface area contributed by atoms with E-state index in [-0.39, 0.29) is 5.91 Å². The van der Waals surface area contributed by atoms with E-state index in [1.165, 1.54) is 38.5 Å². The van der Waals surface area contributed by atoms with Crippen molar-refractivity contribution in [1.29, 1.82) is 0 Å². The van der Waals surface area contributed by atoms with E-state index in [1.54, 1.807) is 0 Å². The normalized spacial score (nSPS) is 18.0. The van der Waals surface area contributed by atoms with Gasteiger partial charge in [-0.25, -0.2) is 0 Å². The van der Waals surface area contributed by atoms with Gasteiger partial charge < -0.3 is 10.6 Å². The number of benzene rings is 1. The second kappa shape index (κ2) is 8.54. The van der Waals surface area contributed by atoms with Crippen LogP contribution >= 0.6 is 15.9 Å². The summed E-state index contributed by atoms with van der Waals surface area (Å²) in [6, 6.07) is 8.09. The molecule has 0 radical (unpaired) electrons. The quantitative estimate of drug-likeness (QED) is 0.774. The molecule has 3 nitrogen and oxygen atoms in total. The molecule has 2 rings (SSSR count). The highest BCUT2D eigenvalue weighted by atomic mass is 79.9. The van der Waals surface area contributed by atoms with Crippen molar-refractivity contribution in [3.8, 4) is 0 Å². The lowest BCUT2D eigenvalue weighted by Gasteiger charge is -2.23. The average molecular weight is 353 g/mol. The summed E-state index contributed by atoms with van der Waals surface area (Å²) in [5, 5.41) is 6.31. The monoisotopic (exact) mass is 352 g/mol. The zero-order chi connectivity index (χ0) is 15.1. The lowest BCUT2D eigenvalue weighted by molar-refractivity contribution is -0.115. The van der Waals surface area contributed by atoms with E-state index in [0.717, 1.165) is 10.2 Å². The number of nitrogens with one attached hydrogen (secondary N) is 2. The fraction of sp³-hybridized carbons (Fsp3) is 0.588. The molecule has 1 aliphatic rings. The second-order valence-electron chi connectivity index (χ2n) is 5.98. The largest absolute Gasteiger partial charge is 0.325 e. The third-order valence-electron chi connectivity index (χ3n) is 4.30. The van der Waals surface area contributed by atoms with E-state index in [0.29, 0.717) is 18.5 Å². The van der Waals surface area contributed by atoms with Gasteiger partial charge in [0.15, 0.2) is 0 Å². The van der Waals surface area contributed by atoms with Crippen LogP contribution in [0.25, 0.3) is 0 Å². The standard InChI is InChI=1S/C17H25BrN2O/c1-13(14-7-4-2-3-5-8-14)19-12-17(21)20-16-10-6-9-15(18)11-16/h6,9-11,13-14,19H,2-5,7-8,12H2,1H3,(H,20,21)/t13-/m0/s1. The molecule has 0 heterocycles. The Morgan fingerprint density at radius 2 is 2.00 bits per heavy atom. The van der Waals surface area contributed by atoms with Gasteiger partial charge >= 0.3 is 0 Å². The van der Waals surface area contributed by atoms with Crippen LogP contribution in [0.15, 0.2) is 28.7 Å². The number of hydrogen-bond donors (Lipinski definition) is 2. The van der Waals surface area contributed by atoms with Gasteiger partial charge in [-0.2, -0.15) is 0 Å². The molecule has 1 aliphatic carbocycles. The predicted molar refractivity (Wildman–Crippen MR) is 91.4 cm³/mol. The zero-order valence-electron chi connectivity index (χ0n) is 12.7. The van der Waals surface area contributed by atoms with Crippen molar-refractivity contribution >= 4 is 27.5 Å². The maximum atomic E-state index is 12.0. The van der Waals surface area contributed by atoms with E-state index < -0.39 is 0 Å². The Morgan fingerprint density at radius 3 is 2.67 bits per heavy atom. The predicted octanol–water partition coefficient (Wildman–Crippen LogP) is 4.34. The van der Waals surface area contributed by atoms with Gasteiger partial charge in [0.2, 0.25) is 5.91 Å². The van der Waals surface area contributed by atoms with Crippen LogP contribution < -0.4 is 10.6 Å². The van der Waals surface area contributed by atoms with Crippen LogP contribution in [0.2, 0.25) is 0 Å². The molecule has 1 amide bonds. The summed E-state index contributed by atoms with van der Waals surface area (Å²) in [7, 11) is 0. The molecule has 0 unspecified atom stereocenters. The van der Waals surface area contributed by atoms with Crippen LogP contribution in [0.3, 0.4) is 0 Å². The van der Waals surface area contributed by atoms with E-state index in [9.17, 15) is 4.79 Å². The third-order valence-corrected chi connectivity index (χ3v) is 4.79. The minimum atomic E-state index is 0.0218. The molecule has 1 atom stereocenters. The van der Waals surface area contributed by atoms with Gasteiger partial charge in [0.05, 0.1) is 6.54 Å². The fourth-order valence-electron chi connectivity index (χ4n) is 3.00. The molecule has 0 aromatic heterocycles. The molecule has 116 valence electrons. The first-order valence-corrected chi connectivity index (χ1v) is 8.73. The Labute approximate surface area is 136 Å². The summed E-state index contributed by atoms with van der Waals surface area (Å²) in [5.74, 6) is 0.736. The number of halogens is 1. The average Bonchev–Trinajstić information content (AvgIpc) is 2.74. The highest BCUT2D eigenvalue weighted by Crippen LogP contribution is 2.25. The van der Waals surface area contributed by atoms with Crippen LogP contribution in [0.4, 0.5) is 5.69 Å². The Balaban J connectivity index is 1.75. The summed E-state index contributed by atoms with van der Waals surface area (Å²) < 4.78 is 0.972. The van der Waals surface area contributed by atoms with Gasteiger partial charge in [-0.1, -0.05) is 47.7 Å². The molecular weight excluding hydrogens is 328 g/mol. The van der Waals surface area contributed by atoms with Crippen LogP contribution in [-0.4, -0.2) is 18.5 Å². The number of anilines is 1. The molecular formula is C17H25BrN2O. The zero-order valence-corrected chi connectivity index (χ0v) is 14.3. The first kappa shape index (κ1) is 16.5. The first-order chi connectivity index (χ1) is 10.1. The van der Waals surface area contributed by atoms with Crippen molar-refractivity contribution < 1.29 is 4.79 Å². The van der Waals surface area contributed by atoms with Crippen LogP contribution in [0.5, 0.6) is 0 Å². The molecule has 4 heteroatoms. The summed E-state index contributed by atoms with van der Waals surface area (Å²) in [6.07, 6.45) is 7.99. The highest BCUT2D eigenvalue weighted by Gasteiger charge is 2.19. The number of hydrogen-bond acceptors (Lipinski definition) is 2. The fourth-order valence-corrected chi connectivity index (χ4v) is 3.40. The van der Waals surface area contributed by atoms with Crippen molar-refractivity contribution in [1.82, 2.24) is 5.32 Å². The van der Waals surface area contributed by atoms with Crippen molar-refractivity contribution in [3.05, 3.63) is 28.7 Å². The SMILES string of the molecule is C[C@H](NCC(=O)Nc1cccc(Br)c1)C1CCCCCC1. The topological polar surface area (TPSA) is 41.1 Å². The molecule has 0 spiro atoms. The molecule has 2 N–H and O–H groups in total. The Hall–Kier alpha value is -0.870. The smallest absolute Gasteiger partial charge is 0.238 e. The summed E-state index contributed by atoms with van der Waals surface area (Å²) in [4.78, 5) is 12.0. The number of amides is 1. The number of carbonyl (C=O) groups excluding carboxylic acids is 1. The minimum absolute atomic E-state index is 0.0218. The molecule has 0 saturated heterocycles. The van der Waals surface area contributed by atoms with Crippen LogP contribution in [-0.2, 0) is 4.79 Å². The van der Waals surface area contributed by atoms with Gasteiger partial charge in [-0.05, 0) is 43.9 Å². The lowest BCUT2D eigenvalue weighted by Crippen LogP contribution is -2.38. The molecule has 0 aliphatic heterocycles. The second-order valence-corrected chi connectivity index (χ2v) is 6.90. The molecule has 1 aromatic carbocycles. The molecule has 1 saturated carbocycles. The maximum Gasteiger partial charge on any atom is 0.238 e. The van der Waals surface area contributed by atoms with Crippen molar-refractivity contribution in [2.24, 2.45) is 5.92 Å². The summed E-state index contributed by atoms with van der Waals surface area (Å²) in [6.45, 7) is 2.59. The molecule has 1 fully saturated rings. The first-order valence-electron chi connectivity index (χ1n) is 7.94. The lowest BCUT2D eigenvalue weighted by atomic mass is 9.93. The van der Waals surface area contributed by atoms with Crippen molar-refractivity contribution in [2.75, 3.05) is 11.9 Å². The molecule has 21 heavy (non-hydrogen) atoms. The summed E-state index contributed by atoms with van der Waals surface area (Å²) >= 11 is 3.41. The third kappa shape index (κ3) is 5.79. The molecule has 0 bridgehead atoms. The Bertz CT molecular complexity index is 456. The number of rotatable bonds is 5. The minimum Gasteiger partial charge on any atom is -0.325 e. The van der Waals surface area contributed by atoms with Crippen molar-refractivity contribution in [3.63, 3.8) is 0 Å². The molecule has 1 aromatic rings. The number of carbonyl (C=O) groups is 1. The van der Waals surface area contributed by atoms with Crippen LogP contribution in [0, 0.1) is 5.92 Å². The Morgan fingerprint density at radius 1 is 1.29 bits per heavy atom. The van der Waals surface area contributed by atoms with Gasteiger partial charge in [0.1, 0.15) is 0 Å². The van der Waals surface area contributed by atoms with E-state index in [2.05, 4.69) is 33.5 Å². The van der Waals surface area contributed by atoms with Gasteiger partial charge in [-0.3, -0.25) is 4.79 Å². The Kier molecular flexibility index (Phi) is 6.71. The van der Waals surface area contributed by atoms with Crippen molar-refractivity contribution in [2.45, 2.75) is 51.5 Å². The van der Waals surface area contributed by atoms with Gasteiger partial charge in [0.25, 0.3) is 0 Å².